The number of nitrogens with one attached hydrogen (secondary N) is 1. The van der Waals surface area contributed by atoms with Crippen LogP contribution in [0.2, 0.25) is 5.02 Å². The third-order valence-corrected chi connectivity index (χ3v) is 3.06. The molecule has 0 aliphatic heterocycles. The number of hydrogen-bond acceptors (Lipinski definition) is 3. The zero-order valence-corrected chi connectivity index (χ0v) is 11.9. The fraction of sp³-hybridized carbons (Fsp3) is 0.250. The van der Waals surface area contributed by atoms with Gasteiger partial charge in [0.15, 0.2) is 0 Å². The molecule has 106 valence electrons. The quantitative estimate of drug-likeness (QED) is 0.824. The highest BCUT2D eigenvalue weighted by molar-refractivity contribution is 6.30. The Kier molecular flexibility index (Phi) is 5.87. The van der Waals surface area contributed by atoms with Gasteiger partial charge in [0.25, 0.3) is 0 Å². The number of para-hydroxylation sites is 1. The van der Waals surface area contributed by atoms with Crippen molar-refractivity contribution in [1.29, 1.82) is 0 Å². The molecule has 2 N–H and O–H groups in total. The third kappa shape index (κ3) is 5.21. The molecule has 0 saturated carbocycles. The van der Waals surface area contributed by atoms with Crippen LogP contribution in [0.5, 0.6) is 5.75 Å². The molecule has 0 aliphatic rings. The van der Waals surface area contributed by atoms with Gasteiger partial charge in [0.1, 0.15) is 18.5 Å². The maximum Gasteiger partial charge on any atom is 0.119 e. The van der Waals surface area contributed by atoms with Crippen molar-refractivity contribution in [2.75, 3.05) is 13.2 Å². The van der Waals surface area contributed by atoms with Gasteiger partial charge < -0.3 is 15.2 Å². The van der Waals surface area contributed by atoms with Crippen LogP contribution in [0, 0.1) is 0 Å². The van der Waals surface area contributed by atoms with Gasteiger partial charge in [-0.1, -0.05) is 41.9 Å². The summed E-state index contributed by atoms with van der Waals surface area (Å²) in [5.74, 6) is 0.768. The molecule has 0 aromatic heterocycles. The van der Waals surface area contributed by atoms with E-state index in [1.54, 1.807) is 0 Å². The molecule has 0 saturated heterocycles. The normalized spacial score (nSPS) is 12.1. The molecule has 2 rings (SSSR count). The van der Waals surface area contributed by atoms with Gasteiger partial charge in [-0.25, -0.2) is 0 Å². The molecule has 0 unspecified atom stereocenters. The third-order valence-electron chi connectivity index (χ3n) is 2.81. The van der Waals surface area contributed by atoms with Gasteiger partial charge >= 0.3 is 0 Å². The first-order valence-electron chi connectivity index (χ1n) is 6.55. The van der Waals surface area contributed by atoms with Crippen LogP contribution >= 0.6 is 11.6 Å². The van der Waals surface area contributed by atoms with Crippen LogP contribution < -0.4 is 10.1 Å². The lowest BCUT2D eigenvalue weighted by Gasteiger charge is -2.13. The topological polar surface area (TPSA) is 41.5 Å². The molecule has 2 aromatic rings. The van der Waals surface area contributed by atoms with E-state index >= 15 is 0 Å². The Bertz CT molecular complexity index is 502. The van der Waals surface area contributed by atoms with E-state index in [9.17, 15) is 5.11 Å². The molecule has 20 heavy (non-hydrogen) atoms. The maximum absolute atomic E-state index is 9.82. The van der Waals surface area contributed by atoms with E-state index in [2.05, 4.69) is 5.32 Å². The summed E-state index contributed by atoms with van der Waals surface area (Å²) in [5.41, 5.74) is 1.13. The van der Waals surface area contributed by atoms with Gasteiger partial charge in [0, 0.05) is 18.1 Å². The molecule has 0 fully saturated rings. The van der Waals surface area contributed by atoms with Crippen LogP contribution in [0.25, 0.3) is 0 Å². The minimum absolute atomic E-state index is 0.275. The molecule has 0 bridgehead atoms. The Labute approximate surface area is 124 Å². The number of halogens is 1. The summed E-state index contributed by atoms with van der Waals surface area (Å²) in [5, 5.41) is 13.7. The minimum atomic E-state index is -0.539. The van der Waals surface area contributed by atoms with Crippen LogP contribution in [0.15, 0.2) is 54.6 Å². The average molecular weight is 292 g/mol. The van der Waals surface area contributed by atoms with E-state index in [0.717, 1.165) is 16.3 Å². The molecule has 0 radical (unpaired) electrons. The Morgan fingerprint density at radius 3 is 2.45 bits per heavy atom. The molecule has 0 aliphatic carbocycles. The van der Waals surface area contributed by atoms with Gasteiger partial charge in [0.2, 0.25) is 0 Å². The van der Waals surface area contributed by atoms with Gasteiger partial charge in [-0.15, -0.1) is 0 Å². The van der Waals surface area contributed by atoms with E-state index in [-0.39, 0.29) is 6.61 Å². The van der Waals surface area contributed by atoms with Crippen LogP contribution in [0.3, 0.4) is 0 Å². The fourth-order valence-electron chi connectivity index (χ4n) is 1.75. The monoisotopic (exact) mass is 291 g/mol. The van der Waals surface area contributed by atoms with Crippen molar-refractivity contribution >= 4 is 11.6 Å². The number of ether oxygens (including phenoxy) is 1. The summed E-state index contributed by atoms with van der Waals surface area (Å²) in [6.45, 7) is 1.45. The van der Waals surface area contributed by atoms with Crippen molar-refractivity contribution in [3.63, 3.8) is 0 Å². The summed E-state index contributed by atoms with van der Waals surface area (Å²) in [6, 6.07) is 17.1. The number of benzene rings is 2. The second-order valence-corrected chi connectivity index (χ2v) is 4.97. The Balaban J connectivity index is 1.65. The minimum Gasteiger partial charge on any atom is -0.491 e. The summed E-state index contributed by atoms with van der Waals surface area (Å²) in [7, 11) is 0. The summed E-state index contributed by atoms with van der Waals surface area (Å²) in [6.07, 6.45) is -0.539. The van der Waals surface area contributed by atoms with E-state index in [4.69, 9.17) is 16.3 Å². The van der Waals surface area contributed by atoms with E-state index in [1.165, 1.54) is 0 Å². The molecule has 3 nitrogen and oxygen atoms in total. The smallest absolute Gasteiger partial charge is 0.119 e. The van der Waals surface area contributed by atoms with E-state index < -0.39 is 6.10 Å². The molecule has 0 heterocycles. The Morgan fingerprint density at radius 2 is 1.75 bits per heavy atom. The summed E-state index contributed by atoms with van der Waals surface area (Å²) >= 11 is 5.82. The van der Waals surface area contributed by atoms with Crippen molar-refractivity contribution in [2.45, 2.75) is 12.6 Å². The molecule has 2 aromatic carbocycles. The molecule has 0 amide bonds. The van der Waals surface area contributed by atoms with Crippen molar-refractivity contribution in [2.24, 2.45) is 0 Å². The van der Waals surface area contributed by atoms with Gasteiger partial charge in [0.05, 0.1) is 0 Å². The van der Waals surface area contributed by atoms with Crippen molar-refractivity contribution in [1.82, 2.24) is 5.32 Å². The predicted molar refractivity (Wildman–Crippen MR) is 81.1 cm³/mol. The molecule has 1 atom stereocenters. The van der Waals surface area contributed by atoms with Gasteiger partial charge in [-0.05, 0) is 29.8 Å². The highest BCUT2D eigenvalue weighted by Gasteiger charge is 2.04. The van der Waals surface area contributed by atoms with Gasteiger partial charge in [-0.2, -0.15) is 0 Å². The lowest BCUT2D eigenvalue weighted by Crippen LogP contribution is -2.31. The number of hydrogen-bond donors (Lipinski definition) is 2. The fourth-order valence-corrected chi connectivity index (χ4v) is 1.88. The van der Waals surface area contributed by atoms with Gasteiger partial charge in [-0.3, -0.25) is 0 Å². The molecule has 0 spiro atoms. The summed E-state index contributed by atoms with van der Waals surface area (Å²) in [4.78, 5) is 0. The highest BCUT2D eigenvalue weighted by atomic mass is 35.5. The Hall–Kier alpha value is -1.55. The average Bonchev–Trinajstić information content (AvgIpc) is 2.48. The largest absolute Gasteiger partial charge is 0.491 e. The zero-order chi connectivity index (χ0) is 14.2. The SMILES string of the molecule is O[C@H](CNCc1ccc(Cl)cc1)COc1ccccc1. The second kappa shape index (κ2) is 7.90. The number of aliphatic hydroxyl groups is 1. The number of aliphatic hydroxyl groups excluding tert-OH is 1. The van der Waals surface area contributed by atoms with E-state index in [0.29, 0.717) is 13.1 Å². The summed E-state index contributed by atoms with van der Waals surface area (Å²) < 4.78 is 5.48. The second-order valence-electron chi connectivity index (χ2n) is 4.54. The van der Waals surface area contributed by atoms with Crippen LogP contribution in [-0.2, 0) is 6.54 Å². The highest BCUT2D eigenvalue weighted by Crippen LogP contribution is 2.10. The first-order chi connectivity index (χ1) is 9.74. The van der Waals surface area contributed by atoms with Crippen LogP contribution in [0.4, 0.5) is 0 Å². The first-order valence-corrected chi connectivity index (χ1v) is 6.93. The zero-order valence-electron chi connectivity index (χ0n) is 11.1. The molecular formula is C16H18ClNO2. The van der Waals surface area contributed by atoms with E-state index in [1.807, 2.05) is 54.6 Å². The van der Waals surface area contributed by atoms with Crippen LogP contribution in [0.1, 0.15) is 5.56 Å². The van der Waals surface area contributed by atoms with Crippen molar-refractivity contribution in [3.05, 3.63) is 65.2 Å². The van der Waals surface area contributed by atoms with Crippen molar-refractivity contribution in [3.8, 4) is 5.75 Å². The lowest BCUT2D eigenvalue weighted by molar-refractivity contribution is 0.106. The van der Waals surface area contributed by atoms with Crippen molar-refractivity contribution < 1.29 is 9.84 Å². The molecular weight excluding hydrogens is 274 g/mol. The number of rotatable bonds is 7. The molecule has 4 heteroatoms. The standard InChI is InChI=1S/C16H18ClNO2/c17-14-8-6-13(7-9-14)10-18-11-15(19)12-20-16-4-2-1-3-5-16/h1-9,15,18-19H,10-12H2/t15-/m1/s1. The predicted octanol–water partition coefficient (Wildman–Crippen LogP) is 2.87. The lowest BCUT2D eigenvalue weighted by atomic mass is 10.2. The Morgan fingerprint density at radius 1 is 1.05 bits per heavy atom. The first kappa shape index (κ1) is 14.9. The maximum atomic E-state index is 9.82. The van der Waals surface area contributed by atoms with Crippen LogP contribution in [-0.4, -0.2) is 24.4 Å².